The van der Waals surface area contributed by atoms with Crippen LogP contribution in [0.5, 0.6) is 0 Å². The zero-order valence-electron chi connectivity index (χ0n) is 17.8. The van der Waals surface area contributed by atoms with Crippen molar-refractivity contribution < 1.29 is 14.7 Å². The van der Waals surface area contributed by atoms with Gasteiger partial charge in [-0.3, -0.25) is 9.59 Å². The van der Waals surface area contributed by atoms with Crippen LogP contribution in [-0.4, -0.2) is 21.7 Å². The molecule has 0 aromatic rings. The number of carboxylic acid groups (broad SMARTS) is 1. The third-order valence-corrected chi connectivity index (χ3v) is 11.2. The first-order valence-corrected chi connectivity index (χ1v) is 12.5. The van der Waals surface area contributed by atoms with Crippen LogP contribution in [0.4, 0.5) is 0 Å². The van der Waals surface area contributed by atoms with Crippen LogP contribution >= 0.6 is 15.9 Å². The van der Waals surface area contributed by atoms with Gasteiger partial charge in [-0.15, -0.1) is 0 Å². The standard InChI is InChI=1S/C24H37BrO3/c1-14(4-9-21(27)28)16-7-8-17-15-5-6-19-22(25)20(26)11-13-24(19,3)18(15)10-12-23(16,17)2/h14-19,22H,4-13H2,1-3H3,(H,27,28)/t14?,15-,16+,17-,18-,19+,22-,23+,24+/m0/s1. The molecule has 1 N–H and O–H groups in total. The van der Waals surface area contributed by atoms with Crippen LogP contribution in [0.2, 0.25) is 0 Å². The lowest BCUT2D eigenvalue weighted by Gasteiger charge is -2.61. The van der Waals surface area contributed by atoms with Crippen LogP contribution in [0, 0.1) is 46.3 Å². The van der Waals surface area contributed by atoms with Crippen molar-refractivity contribution in [2.24, 2.45) is 46.3 Å². The molecule has 0 amide bonds. The second kappa shape index (κ2) is 7.39. The molecule has 0 saturated heterocycles. The predicted molar refractivity (Wildman–Crippen MR) is 114 cm³/mol. The summed E-state index contributed by atoms with van der Waals surface area (Å²) in [6.45, 7) is 7.34. The van der Waals surface area contributed by atoms with E-state index in [2.05, 4.69) is 36.7 Å². The number of carboxylic acids is 1. The number of fused-ring (bicyclic) bond motifs is 5. The minimum atomic E-state index is -0.655. The summed E-state index contributed by atoms with van der Waals surface area (Å²) in [6.07, 6.45) is 10.7. The molecule has 4 aliphatic rings. The normalized spacial score (nSPS) is 49.1. The van der Waals surface area contributed by atoms with Crippen molar-refractivity contribution in [3.8, 4) is 0 Å². The van der Waals surface area contributed by atoms with Crippen molar-refractivity contribution in [2.75, 3.05) is 0 Å². The number of rotatable bonds is 4. The summed E-state index contributed by atoms with van der Waals surface area (Å²) in [5.41, 5.74) is 0.708. The summed E-state index contributed by atoms with van der Waals surface area (Å²) in [4.78, 5) is 23.5. The van der Waals surface area contributed by atoms with Gasteiger partial charge in [-0.05, 0) is 97.7 Å². The first-order valence-electron chi connectivity index (χ1n) is 11.6. The maximum atomic E-state index is 12.3. The Hall–Kier alpha value is -0.380. The first-order chi connectivity index (χ1) is 13.2. The van der Waals surface area contributed by atoms with E-state index in [1.54, 1.807) is 0 Å². The molecule has 0 heterocycles. The van der Waals surface area contributed by atoms with E-state index in [0.29, 0.717) is 40.8 Å². The number of aliphatic carboxylic acids is 1. The molecule has 4 saturated carbocycles. The number of hydrogen-bond acceptors (Lipinski definition) is 2. The van der Waals surface area contributed by atoms with Crippen molar-refractivity contribution in [3.63, 3.8) is 0 Å². The molecular formula is C24H37BrO3. The van der Waals surface area contributed by atoms with Gasteiger partial charge in [-0.25, -0.2) is 0 Å². The fraction of sp³-hybridized carbons (Fsp3) is 0.917. The fourth-order valence-corrected chi connectivity index (χ4v) is 9.72. The van der Waals surface area contributed by atoms with E-state index in [1.807, 2.05) is 0 Å². The molecule has 9 atom stereocenters. The van der Waals surface area contributed by atoms with Gasteiger partial charge in [-0.2, -0.15) is 0 Å². The number of ketones is 1. The van der Waals surface area contributed by atoms with E-state index in [1.165, 1.54) is 38.5 Å². The average molecular weight is 453 g/mol. The maximum absolute atomic E-state index is 12.3. The largest absolute Gasteiger partial charge is 0.481 e. The molecule has 0 aliphatic heterocycles. The Balaban J connectivity index is 1.53. The maximum Gasteiger partial charge on any atom is 0.303 e. The lowest BCUT2D eigenvalue weighted by atomic mass is 9.44. The number of Topliss-reactive ketones (excluding diaryl/α,β-unsaturated/α-hetero) is 1. The van der Waals surface area contributed by atoms with Crippen molar-refractivity contribution >= 4 is 27.7 Å². The van der Waals surface area contributed by atoms with E-state index in [9.17, 15) is 9.59 Å². The molecule has 1 unspecified atom stereocenters. The highest BCUT2D eigenvalue weighted by Crippen LogP contribution is 2.68. The highest BCUT2D eigenvalue weighted by molar-refractivity contribution is 9.10. The summed E-state index contributed by atoms with van der Waals surface area (Å²) in [5.74, 6) is 3.86. The van der Waals surface area contributed by atoms with Gasteiger partial charge in [0.2, 0.25) is 0 Å². The van der Waals surface area contributed by atoms with Gasteiger partial charge in [0.05, 0.1) is 4.83 Å². The second-order valence-corrected chi connectivity index (χ2v) is 12.1. The molecule has 3 nitrogen and oxygen atoms in total. The Kier molecular flexibility index (Phi) is 5.51. The van der Waals surface area contributed by atoms with Gasteiger partial charge < -0.3 is 5.11 Å². The first kappa shape index (κ1) is 20.9. The minimum absolute atomic E-state index is 0.0767. The monoisotopic (exact) mass is 452 g/mol. The quantitative estimate of drug-likeness (QED) is 0.524. The van der Waals surface area contributed by atoms with Gasteiger partial charge >= 0.3 is 5.97 Å². The van der Waals surface area contributed by atoms with Crippen LogP contribution in [0.15, 0.2) is 0 Å². The Morgan fingerprint density at radius 3 is 2.46 bits per heavy atom. The van der Waals surface area contributed by atoms with Gasteiger partial charge in [0, 0.05) is 12.8 Å². The van der Waals surface area contributed by atoms with E-state index >= 15 is 0 Å². The zero-order valence-corrected chi connectivity index (χ0v) is 19.3. The second-order valence-electron chi connectivity index (χ2n) is 11.1. The molecule has 0 spiro atoms. The molecule has 4 aliphatic carbocycles. The van der Waals surface area contributed by atoms with Crippen molar-refractivity contribution in [1.29, 1.82) is 0 Å². The SMILES string of the molecule is CC(CCC(=O)O)[C@H]1CC[C@H]2[C@@H]3CC[C@@H]4[C@H](Br)C(=O)CC[C@]4(C)[C@H]3CC[C@]12C. The predicted octanol–water partition coefficient (Wildman–Crippen LogP) is 6.09. The molecule has 0 aromatic carbocycles. The van der Waals surface area contributed by atoms with Gasteiger partial charge in [-0.1, -0.05) is 36.7 Å². The minimum Gasteiger partial charge on any atom is -0.481 e. The summed E-state index contributed by atoms with van der Waals surface area (Å²) < 4.78 is 0. The van der Waals surface area contributed by atoms with Crippen LogP contribution in [-0.2, 0) is 9.59 Å². The summed E-state index contributed by atoms with van der Waals surface area (Å²) in [7, 11) is 0. The summed E-state index contributed by atoms with van der Waals surface area (Å²) in [6, 6.07) is 0. The van der Waals surface area contributed by atoms with Gasteiger partial charge in [0.25, 0.3) is 0 Å². The van der Waals surface area contributed by atoms with E-state index in [-0.39, 0.29) is 4.83 Å². The molecule has 28 heavy (non-hydrogen) atoms. The molecule has 0 radical (unpaired) electrons. The molecular weight excluding hydrogens is 416 g/mol. The zero-order chi connectivity index (χ0) is 20.3. The Morgan fingerprint density at radius 2 is 1.75 bits per heavy atom. The Morgan fingerprint density at radius 1 is 1.07 bits per heavy atom. The van der Waals surface area contributed by atoms with Crippen molar-refractivity contribution in [1.82, 2.24) is 0 Å². The fourth-order valence-electron chi connectivity index (χ4n) is 8.62. The van der Waals surface area contributed by atoms with Gasteiger partial charge in [0.1, 0.15) is 5.78 Å². The van der Waals surface area contributed by atoms with Crippen molar-refractivity contribution in [2.45, 2.75) is 89.8 Å². The third-order valence-electron chi connectivity index (χ3n) is 10.1. The number of halogens is 1. The number of hydrogen-bond donors (Lipinski definition) is 1. The van der Waals surface area contributed by atoms with Crippen LogP contribution in [0.25, 0.3) is 0 Å². The average Bonchev–Trinajstić information content (AvgIpc) is 3.00. The smallest absolute Gasteiger partial charge is 0.303 e. The summed E-state index contributed by atoms with van der Waals surface area (Å²) >= 11 is 3.77. The van der Waals surface area contributed by atoms with E-state index in [4.69, 9.17) is 5.11 Å². The number of carbonyl (C=O) groups excluding carboxylic acids is 1. The highest BCUT2D eigenvalue weighted by Gasteiger charge is 2.61. The third kappa shape index (κ3) is 3.11. The molecule has 4 fully saturated rings. The molecule has 4 heteroatoms. The Labute approximate surface area is 178 Å². The molecule has 0 bridgehead atoms. The Bertz CT molecular complexity index is 648. The summed E-state index contributed by atoms with van der Waals surface area (Å²) in [5, 5.41) is 9.11. The van der Waals surface area contributed by atoms with Crippen LogP contribution in [0.1, 0.15) is 85.0 Å². The lowest BCUT2D eigenvalue weighted by molar-refractivity contribution is -0.139. The van der Waals surface area contributed by atoms with Crippen LogP contribution in [0.3, 0.4) is 0 Å². The topological polar surface area (TPSA) is 54.4 Å². The molecule has 0 aromatic heterocycles. The molecule has 158 valence electrons. The molecule has 4 rings (SSSR count). The van der Waals surface area contributed by atoms with Crippen LogP contribution < -0.4 is 0 Å². The van der Waals surface area contributed by atoms with Gasteiger partial charge in [0.15, 0.2) is 0 Å². The van der Waals surface area contributed by atoms with E-state index < -0.39 is 5.97 Å². The number of alkyl halides is 1. The van der Waals surface area contributed by atoms with E-state index in [0.717, 1.165) is 37.0 Å². The lowest BCUT2D eigenvalue weighted by Crippen LogP contribution is -2.56. The van der Waals surface area contributed by atoms with Crippen molar-refractivity contribution in [3.05, 3.63) is 0 Å². The number of carbonyl (C=O) groups is 2. The highest BCUT2D eigenvalue weighted by atomic mass is 79.9.